The lowest BCUT2D eigenvalue weighted by Crippen LogP contribution is -2.59. The number of hydrogen-bond donors (Lipinski definition) is 2. The SMILES string of the molecule is O=C(CNC(=O)C(F)(F)F)NC1CN(C(=O)c2cccn3cncc23)CCC1C1CC(F)(F)C1. The molecule has 8 nitrogen and oxygen atoms in total. The summed E-state index contributed by atoms with van der Waals surface area (Å²) < 4.78 is 65.8. The number of hydrogen-bond acceptors (Lipinski definition) is 4. The van der Waals surface area contributed by atoms with Gasteiger partial charge in [0.25, 0.3) is 5.91 Å². The zero-order valence-corrected chi connectivity index (χ0v) is 17.8. The van der Waals surface area contributed by atoms with E-state index in [1.807, 2.05) is 0 Å². The van der Waals surface area contributed by atoms with Crippen molar-refractivity contribution in [2.24, 2.45) is 11.8 Å². The molecule has 0 radical (unpaired) electrons. The number of piperidine rings is 1. The molecule has 3 amide bonds. The second-order valence-electron chi connectivity index (χ2n) is 8.69. The van der Waals surface area contributed by atoms with Crippen LogP contribution in [0.1, 0.15) is 29.6 Å². The van der Waals surface area contributed by atoms with Crippen LogP contribution in [0.3, 0.4) is 0 Å². The first-order valence-corrected chi connectivity index (χ1v) is 10.7. The molecule has 2 aromatic rings. The van der Waals surface area contributed by atoms with Crippen molar-refractivity contribution in [3.63, 3.8) is 0 Å². The molecule has 2 unspecified atom stereocenters. The topological polar surface area (TPSA) is 95.8 Å². The fourth-order valence-corrected chi connectivity index (χ4v) is 4.70. The molecule has 4 rings (SSSR count). The smallest absolute Gasteiger partial charge is 0.350 e. The number of aromatic nitrogens is 2. The molecule has 1 aliphatic heterocycles. The molecule has 34 heavy (non-hydrogen) atoms. The van der Waals surface area contributed by atoms with Crippen molar-refractivity contribution < 1.29 is 36.3 Å². The first-order valence-electron chi connectivity index (χ1n) is 10.7. The molecule has 13 heteroatoms. The van der Waals surface area contributed by atoms with E-state index in [1.165, 1.54) is 22.7 Å². The predicted molar refractivity (Wildman–Crippen MR) is 108 cm³/mol. The van der Waals surface area contributed by atoms with Gasteiger partial charge in [0.1, 0.15) is 0 Å². The molecule has 2 fully saturated rings. The summed E-state index contributed by atoms with van der Waals surface area (Å²) in [6, 6.07) is 2.55. The van der Waals surface area contributed by atoms with Gasteiger partial charge in [0.05, 0.1) is 30.1 Å². The zero-order chi connectivity index (χ0) is 24.7. The number of nitrogens with one attached hydrogen (secondary N) is 2. The van der Waals surface area contributed by atoms with E-state index in [0.717, 1.165) is 0 Å². The Bertz CT molecular complexity index is 1090. The van der Waals surface area contributed by atoms with Gasteiger partial charge < -0.3 is 19.9 Å². The van der Waals surface area contributed by atoms with Crippen molar-refractivity contribution >= 4 is 23.2 Å². The number of fused-ring (bicyclic) bond motifs is 1. The number of amides is 3. The Labute approximate surface area is 190 Å². The van der Waals surface area contributed by atoms with Crippen LogP contribution in [0.25, 0.3) is 5.52 Å². The monoisotopic (exact) mass is 487 g/mol. The molecular formula is C21H22F5N5O3. The minimum Gasteiger partial charge on any atom is -0.350 e. The highest BCUT2D eigenvalue weighted by atomic mass is 19.4. The number of carbonyl (C=O) groups excluding carboxylic acids is 3. The highest BCUT2D eigenvalue weighted by Crippen LogP contribution is 2.48. The van der Waals surface area contributed by atoms with Crippen LogP contribution in [-0.2, 0) is 9.59 Å². The fourth-order valence-electron chi connectivity index (χ4n) is 4.70. The van der Waals surface area contributed by atoms with Gasteiger partial charge >= 0.3 is 12.1 Å². The normalized spacial score (nSPS) is 22.8. The van der Waals surface area contributed by atoms with Gasteiger partial charge in [-0.15, -0.1) is 0 Å². The fraction of sp³-hybridized carbons (Fsp3) is 0.524. The quantitative estimate of drug-likeness (QED) is 0.631. The molecule has 1 saturated heterocycles. The van der Waals surface area contributed by atoms with Gasteiger partial charge in [-0.05, 0) is 30.4 Å². The number of imidazole rings is 1. The van der Waals surface area contributed by atoms with E-state index in [4.69, 9.17) is 0 Å². The molecule has 184 valence electrons. The summed E-state index contributed by atoms with van der Waals surface area (Å²) in [6.45, 7) is -0.650. The number of pyridine rings is 1. The van der Waals surface area contributed by atoms with Crippen molar-refractivity contribution in [3.05, 3.63) is 36.4 Å². The van der Waals surface area contributed by atoms with Crippen molar-refractivity contribution in [1.29, 1.82) is 0 Å². The van der Waals surface area contributed by atoms with Gasteiger partial charge in [0.15, 0.2) is 0 Å². The number of carbonyl (C=O) groups is 3. The van der Waals surface area contributed by atoms with Gasteiger partial charge in [-0.3, -0.25) is 14.4 Å². The summed E-state index contributed by atoms with van der Waals surface area (Å²) in [5, 5.41) is 4.03. The van der Waals surface area contributed by atoms with E-state index in [9.17, 15) is 36.3 Å². The number of halogens is 5. The van der Waals surface area contributed by atoms with Crippen LogP contribution in [0.5, 0.6) is 0 Å². The molecule has 2 aliphatic rings. The standard InChI is InChI=1S/C21H22F5N5O3/c22-20(23)6-12(7-20)13-3-5-30(18(33)14-2-1-4-31-11-27-8-16(14)31)10-15(13)29-17(32)9-28-19(34)21(24,25)26/h1-2,4,8,11-13,15H,3,5-7,9-10H2,(H,28,34)(H,29,32). The Morgan fingerprint density at radius 3 is 2.62 bits per heavy atom. The second-order valence-corrected chi connectivity index (χ2v) is 8.69. The summed E-state index contributed by atoms with van der Waals surface area (Å²) in [5.41, 5.74) is 0.944. The summed E-state index contributed by atoms with van der Waals surface area (Å²) in [5.74, 6) is -7.05. The highest BCUT2D eigenvalue weighted by Gasteiger charge is 2.51. The summed E-state index contributed by atoms with van der Waals surface area (Å²) in [4.78, 5) is 42.0. The maximum absolute atomic E-state index is 13.5. The number of likely N-dealkylation sites (tertiary alicyclic amines) is 1. The van der Waals surface area contributed by atoms with E-state index < -0.39 is 36.5 Å². The number of rotatable bonds is 5. The molecule has 0 spiro atoms. The third-order valence-corrected chi connectivity index (χ3v) is 6.38. The summed E-state index contributed by atoms with van der Waals surface area (Å²) in [6.07, 6.45) is -0.708. The molecule has 3 heterocycles. The van der Waals surface area contributed by atoms with Gasteiger partial charge in [-0.25, -0.2) is 13.8 Å². The highest BCUT2D eigenvalue weighted by molar-refractivity contribution is 6.00. The van der Waals surface area contributed by atoms with Gasteiger partial charge in [0, 0.05) is 38.2 Å². The molecular weight excluding hydrogens is 465 g/mol. The van der Waals surface area contributed by atoms with E-state index in [0.29, 0.717) is 17.5 Å². The maximum Gasteiger partial charge on any atom is 0.471 e. The molecule has 1 aliphatic carbocycles. The van der Waals surface area contributed by atoms with Crippen LogP contribution >= 0.6 is 0 Å². The van der Waals surface area contributed by atoms with Gasteiger partial charge in [-0.1, -0.05) is 0 Å². The average molecular weight is 487 g/mol. The average Bonchev–Trinajstić information content (AvgIpc) is 3.23. The van der Waals surface area contributed by atoms with Crippen molar-refractivity contribution in [3.8, 4) is 0 Å². The van der Waals surface area contributed by atoms with E-state index in [1.54, 1.807) is 22.7 Å². The Hall–Kier alpha value is -3.25. The van der Waals surface area contributed by atoms with E-state index in [2.05, 4.69) is 10.3 Å². The maximum atomic E-state index is 13.5. The predicted octanol–water partition coefficient (Wildman–Crippen LogP) is 2.00. The molecule has 0 bridgehead atoms. The van der Waals surface area contributed by atoms with Crippen molar-refractivity contribution in [2.75, 3.05) is 19.6 Å². The zero-order valence-electron chi connectivity index (χ0n) is 17.8. The second kappa shape index (κ2) is 8.84. The van der Waals surface area contributed by atoms with Crippen LogP contribution in [0.2, 0.25) is 0 Å². The molecule has 0 aromatic carbocycles. The summed E-state index contributed by atoms with van der Waals surface area (Å²) >= 11 is 0. The van der Waals surface area contributed by atoms with Crippen LogP contribution in [-0.4, -0.2) is 69.8 Å². The number of nitrogens with zero attached hydrogens (tertiary/aromatic N) is 3. The van der Waals surface area contributed by atoms with Crippen LogP contribution < -0.4 is 10.6 Å². The molecule has 2 atom stereocenters. The lowest BCUT2D eigenvalue weighted by atomic mass is 9.68. The summed E-state index contributed by atoms with van der Waals surface area (Å²) in [7, 11) is 0. The third kappa shape index (κ3) is 4.97. The molecule has 2 N–H and O–H groups in total. The molecule has 2 aromatic heterocycles. The Balaban J connectivity index is 1.47. The third-order valence-electron chi connectivity index (χ3n) is 6.38. The van der Waals surface area contributed by atoms with Crippen molar-refractivity contribution in [1.82, 2.24) is 24.9 Å². The Morgan fingerprint density at radius 2 is 1.94 bits per heavy atom. The largest absolute Gasteiger partial charge is 0.471 e. The lowest BCUT2D eigenvalue weighted by molar-refractivity contribution is -0.173. The van der Waals surface area contributed by atoms with Gasteiger partial charge in [0.2, 0.25) is 11.8 Å². The van der Waals surface area contributed by atoms with Crippen LogP contribution in [0.4, 0.5) is 22.0 Å². The van der Waals surface area contributed by atoms with E-state index >= 15 is 0 Å². The van der Waals surface area contributed by atoms with Crippen LogP contribution in [0, 0.1) is 11.8 Å². The Morgan fingerprint density at radius 1 is 1.21 bits per heavy atom. The van der Waals surface area contributed by atoms with Gasteiger partial charge in [-0.2, -0.15) is 13.2 Å². The minimum atomic E-state index is -5.14. The van der Waals surface area contributed by atoms with Crippen LogP contribution in [0.15, 0.2) is 30.9 Å². The lowest BCUT2D eigenvalue weighted by Gasteiger charge is -2.47. The van der Waals surface area contributed by atoms with Crippen molar-refractivity contribution in [2.45, 2.75) is 37.4 Å². The van der Waals surface area contributed by atoms with E-state index in [-0.39, 0.29) is 43.7 Å². The Kier molecular flexibility index (Phi) is 6.21. The first kappa shape index (κ1) is 23.9. The first-order chi connectivity index (χ1) is 15.9. The molecule has 1 saturated carbocycles. The minimum absolute atomic E-state index is 0.000278. The number of alkyl halides is 5.